The van der Waals surface area contributed by atoms with Gasteiger partial charge in [0.2, 0.25) is 0 Å². The monoisotopic (exact) mass is 273 g/mol. The molecule has 1 aliphatic rings. The fourth-order valence-corrected chi connectivity index (χ4v) is 2.65. The first-order valence-electron chi connectivity index (χ1n) is 6.90. The number of aryl methyl sites for hydroxylation is 1. The minimum absolute atomic E-state index is 0.208. The van der Waals surface area contributed by atoms with Crippen LogP contribution < -0.4 is 4.90 Å². The van der Waals surface area contributed by atoms with Crippen molar-refractivity contribution in [2.75, 3.05) is 18.0 Å². The summed E-state index contributed by atoms with van der Waals surface area (Å²) in [5, 5.41) is 0. The summed E-state index contributed by atoms with van der Waals surface area (Å²) >= 11 is 0. The van der Waals surface area contributed by atoms with Gasteiger partial charge in [-0.3, -0.25) is 4.98 Å². The molecule has 2 aromatic heterocycles. The smallest absolute Gasteiger partial charge is 0.147 e. The molecule has 2 unspecified atom stereocenters. The Kier molecular flexibility index (Phi) is 3.44. The van der Waals surface area contributed by atoms with E-state index in [2.05, 4.69) is 23.7 Å². The van der Waals surface area contributed by atoms with Gasteiger partial charge in [-0.25, -0.2) is 4.98 Å². The molecule has 1 aliphatic heterocycles. The molecule has 0 bridgehead atoms. The largest absolute Gasteiger partial charge is 0.469 e. The predicted molar refractivity (Wildman–Crippen MR) is 76.7 cm³/mol. The van der Waals surface area contributed by atoms with Crippen molar-refractivity contribution in [3.05, 3.63) is 30.5 Å². The van der Waals surface area contributed by atoms with Gasteiger partial charge in [0.05, 0.1) is 36.6 Å². The van der Waals surface area contributed by atoms with Crippen molar-refractivity contribution < 1.29 is 9.15 Å². The van der Waals surface area contributed by atoms with Crippen LogP contribution >= 0.6 is 0 Å². The molecule has 0 aliphatic carbocycles. The summed E-state index contributed by atoms with van der Waals surface area (Å²) in [5.41, 5.74) is 1.84. The molecule has 0 aromatic carbocycles. The highest BCUT2D eigenvalue weighted by atomic mass is 16.5. The van der Waals surface area contributed by atoms with E-state index in [4.69, 9.17) is 14.1 Å². The lowest BCUT2D eigenvalue weighted by Crippen LogP contribution is -2.45. The van der Waals surface area contributed by atoms with E-state index in [1.165, 1.54) is 0 Å². The summed E-state index contributed by atoms with van der Waals surface area (Å²) in [6.07, 6.45) is 5.68. The molecule has 0 N–H and O–H groups in total. The SMILES string of the molecule is Cc1occc1-c1cncc(N2CC(C)OC(C)C2)n1. The van der Waals surface area contributed by atoms with Crippen molar-refractivity contribution in [3.8, 4) is 11.3 Å². The summed E-state index contributed by atoms with van der Waals surface area (Å²) in [5.74, 6) is 1.75. The quantitative estimate of drug-likeness (QED) is 0.842. The summed E-state index contributed by atoms with van der Waals surface area (Å²) < 4.78 is 11.1. The Hall–Kier alpha value is -1.88. The van der Waals surface area contributed by atoms with Crippen molar-refractivity contribution in [2.24, 2.45) is 0 Å². The minimum atomic E-state index is 0.208. The van der Waals surface area contributed by atoms with Crippen LogP contribution in [0.3, 0.4) is 0 Å². The Balaban J connectivity index is 1.90. The van der Waals surface area contributed by atoms with E-state index >= 15 is 0 Å². The molecule has 106 valence electrons. The Morgan fingerprint density at radius 3 is 2.60 bits per heavy atom. The molecule has 2 aromatic rings. The molecule has 3 heterocycles. The van der Waals surface area contributed by atoms with Crippen LogP contribution in [-0.2, 0) is 4.74 Å². The number of ether oxygens (including phenoxy) is 1. The van der Waals surface area contributed by atoms with Crippen LogP contribution in [0.15, 0.2) is 29.1 Å². The van der Waals surface area contributed by atoms with Crippen LogP contribution in [0.1, 0.15) is 19.6 Å². The molecule has 0 radical (unpaired) electrons. The lowest BCUT2D eigenvalue weighted by molar-refractivity contribution is -0.00547. The molecule has 5 nitrogen and oxygen atoms in total. The van der Waals surface area contributed by atoms with Gasteiger partial charge in [0.15, 0.2) is 0 Å². The second-order valence-electron chi connectivity index (χ2n) is 5.32. The molecule has 5 heteroatoms. The van der Waals surface area contributed by atoms with Crippen molar-refractivity contribution in [1.82, 2.24) is 9.97 Å². The Morgan fingerprint density at radius 1 is 1.20 bits per heavy atom. The van der Waals surface area contributed by atoms with E-state index in [0.29, 0.717) is 0 Å². The van der Waals surface area contributed by atoms with Crippen molar-refractivity contribution in [3.63, 3.8) is 0 Å². The standard InChI is InChI=1S/C15H19N3O2/c1-10-8-18(9-11(2)20-10)15-7-16-6-14(17-15)13-4-5-19-12(13)3/h4-7,10-11H,8-9H2,1-3H3. The van der Waals surface area contributed by atoms with Gasteiger partial charge in [-0.05, 0) is 26.8 Å². The minimum Gasteiger partial charge on any atom is -0.469 e. The van der Waals surface area contributed by atoms with Gasteiger partial charge in [-0.15, -0.1) is 0 Å². The first-order chi connectivity index (χ1) is 9.63. The normalized spacial score (nSPS) is 23.1. The van der Waals surface area contributed by atoms with Crippen LogP contribution in [0.25, 0.3) is 11.3 Å². The van der Waals surface area contributed by atoms with Crippen molar-refractivity contribution >= 4 is 5.82 Å². The van der Waals surface area contributed by atoms with Gasteiger partial charge >= 0.3 is 0 Å². The third-order valence-electron chi connectivity index (χ3n) is 3.50. The second-order valence-corrected chi connectivity index (χ2v) is 5.32. The first kappa shape index (κ1) is 13.1. The zero-order chi connectivity index (χ0) is 14.1. The number of rotatable bonds is 2. The number of morpholine rings is 1. The van der Waals surface area contributed by atoms with Crippen molar-refractivity contribution in [2.45, 2.75) is 33.0 Å². The van der Waals surface area contributed by atoms with Crippen LogP contribution in [0.5, 0.6) is 0 Å². The maximum absolute atomic E-state index is 5.75. The first-order valence-corrected chi connectivity index (χ1v) is 6.90. The summed E-state index contributed by atoms with van der Waals surface area (Å²) in [6, 6.07) is 1.92. The zero-order valence-corrected chi connectivity index (χ0v) is 12.0. The molecule has 1 fully saturated rings. The molecule has 2 atom stereocenters. The van der Waals surface area contributed by atoms with E-state index in [9.17, 15) is 0 Å². The van der Waals surface area contributed by atoms with Crippen LogP contribution in [-0.4, -0.2) is 35.3 Å². The maximum Gasteiger partial charge on any atom is 0.147 e. The summed E-state index contributed by atoms with van der Waals surface area (Å²) in [4.78, 5) is 11.3. The Morgan fingerprint density at radius 2 is 1.95 bits per heavy atom. The van der Waals surface area contributed by atoms with E-state index < -0.39 is 0 Å². The Bertz CT molecular complexity index is 586. The van der Waals surface area contributed by atoms with E-state index in [1.807, 2.05) is 19.2 Å². The van der Waals surface area contributed by atoms with E-state index in [0.717, 1.165) is 35.9 Å². The van der Waals surface area contributed by atoms with Gasteiger partial charge in [0.1, 0.15) is 11.6 Å². The fraction of sp³-hybridized carbons (Fsp3) is 0.467. The number of nitrogens with zero attached hydrogens (tertiary/aromatic N) is 3. The van der Waals surface area contributed by atoms with Gasteiger partial charge in [0, 0.05) is 18.7 Å². The lowest BCUT2D eigenvalue weighted by Gasteiger charge is -2.35. The number of aromatic nitrogens is 2. The third-order valence-corrected chi connectivity index (χ3v) is 3.50. The topological polar surface area (TPSA) is 51.4 Å². The molecule has 3 rings (SSSR count). The fourth-order valence-electron chi connectivity index (χ4n) is 2.65. The van der Waals surface area contributed by atoms with Crippen LogP contribution in [0.2, 0.25) is 0 Å². The van der Waals surface area contributed by atoms with Gasteiger partial charge in [0.25, 0.3) is 0 Å². The third kappa shape index (κ3) is 2.54. The van der Waals surface area contributed by atoms with Crippen LogP contribution in [0, 0.1) is 6.92 Å². The molecule has 0 amide bonds. The zero-order valence-electron chi connectivity index (χ0n) is 12.0. The lowest BCUT2D eigenvalue weighted by atomic mass is 10.2. The number of hydrogen-bond acceptors (Lipinski definition) is 5. The van der Waals surface area contributed by atoms with Gasteiger partial charge in [-0.2, -0.15) is 0 Å². The molecule has 0 saturated carbocycles. The molecular weight excluding hydrogens is 254 g/mol. The predicted octanol–water partition coefficient (Wildman–Crippen LogP) is 2.66. The average molecular weight is 273 g/mol. The average Bonchev–Trinajstić information content (AvgIpc) is 2.84. The van der Waals surface area contributed by atoms with Crippen molar-refractivity contribution in [1.29, 1.82) is 0 Å². The van der Waals surface area contributed by atoms with E-state index in [1.54, 1.807) is 12.5 Å². The van der Waals surface area contributed by atoms with Crippen LogP contribution in [0.4, 0.5) is 5.82 Å². The molecule has 1 saturated heterocycles. The summed E-state index contributed by atoms with van der Waals surface area (Å²) in [6.45, 7) is 7.78. The second kappa shape index (κ2) is 5.25. The highest BCUT2D eigenvalue weighted by molar-refractivity contribution is 5.61. The maximum atomic E-state index is 5.75. The Labute approximate surface area is 118 Å². The highest BCUT2D eigenvalue weighted by Gasteiger charge is 2.23. The molecule has 0 spiro atoms. The molecule has 20 heavy (non-hydrogen) atoms. The number of furan rings is 1. The highest BCUT2D eigenvalue weighted by Crippen LogP contribution is 2.25. The molecular formula is C15H19N3O2. The number of anilines is 1. The summed E-state index contributed by atoms with van der Waals surface area (Å²) in [7, 11) is 0. The van der Waals surface area contributed by atoms with Gasteiger partial charge in [-0.1, -0.05) is 0 Å². The number of hydrogen-bond donors (Lipinski definition) is 0. The van der Waals surface area contributed by atoms with E-state index in [-0.39, 0.29) is 12.2 Å². The van der Waals surface area contributed by atoms with Gasteiger partial charge < -0.3 is 14.1 Å².